The monoisotopic (exact) mass is 407 g/mol. The topological polar surface area (TPSA) is 63.4 Å². The van der Waals surface area contributed by atoms with Crippen molar-refractivity contribution in [1.29, 1.82) is 0 Å². The molecule has 4 rings (SSSR count). The van der Waals surface area contributed by atoms with Crippen LogP contribution in [0.4, 0.5) is 0 Å². The van der Waals surface area contributed by atoms with E-state index in [9.17, 15) is 8.42 Å². The molecule has 7 nitrogen and oxygen atoms in total. The minimum absolute atomic E-state index is 0.363. The van der Waals surface area contributed by atoms with E-state index in [0.29, 0.717) is 43.7 Å². The number of rotatable bonds is 5. The van der Waals surface area contributed by atoms with Crippen molar-refractivity contribution >= 4 is 22.2 Å². The number of nitrogens with zero attached hydrogens (tertiary/aromatic N) is 5. The van der Waals surface area contributed by atoms with Crippen LogP contribution in [0, 0.1) is 11.7 Å². The predicted octanol–water partition coefficient (Wildman–Crippen LogP) is 2.10. The SMILES string of the molecule is Cc1ccc(S(=O)(=O)N2CCN(Cn3nc(C4CC4)n(C)c3=S)CC2)cc1. The molecule has 2 aliphatic rings. The highest BCUT2D eigenvalue weighted by Gasteiger charge is 2.31. The van der Waals surface area contributed by atoms with Crippen LogP contribution >= 0.6 is 12.2 Å². The van der Waals surface area contributed by atoms with Crippen LogP contribution < -0.4 is 0 Å². The van der Waals surface area contributed by atoms with E-state index in [-0.39, 0.29) is 0 Å². The number of aromatic nitrogens is 3. The molecule has 0 N–H and O–H groups in total. The summed E-state index contributed by atoms with van der Waals surface area (Å²) < 4.78 is 31.8. The van der Waals surface area contributed by atoms with Crippen LogP contribution in [-0.4, -0.2) is 58.1 Å². The molecule has 1 saturated heterocycles. The first-order chi connectivity index (χ1) is 12.9. The summed E-state index contributed by atoms with van der Waals surface area (Å²) in [6, 6.07) is 7.04. The summed E-state index contributed by atoms with van der Waals surface area (Å²) in [6.07, 6.45) is 2.38. The van der Waals surface area contributed by atoms with Crippen LogP contribution in [0.3, 0.4) is 0 Å². The first-order valence-electron chi connectivity index (χ1n) is 9.29. The van der Waals surface area contributed by atoms with Crippen molar-refractivity contribution in [3.8, 4) is 0 Å². The van der Waals surface area contributed by atoms with Gasteiger partial charge in [0.25, 0.3) is 0 Å². The van der Waals surface area contributed by atoms with Gasteiger partial charge in [-0.1, -0.05) is 17.7 Å². The molecule has 0 atom stereocenters. The van der Waals surface area contributed by atoms with Crippen LogP contribution in [0.15, 0.2) is 29.2 Å². The Morgan fingerprint density at radius 1 is 1.11 bits per heavy atom. The second kappa shape index (κ2) is 7.12. The minimum Gasteiger partial charge on any atom is -0.307 e. The molecular formula is C18H25N5O2S2. The fourth-order valence-electron chi connectivity index (χ4n) is 3.45. The van der Waals surface area contributed by atoms with Crippen molar-refractivity contribution in [2.45, 2.75) is 37.2 Å². The highest BCUT2D eigenvalue weighted by atomic mass is 32.2. The quantitative estimate of drug-likeness (QED) is 0.711. The van der Waals surface area contributed by atoms with Gasteiger partial charge in [-0.3, -0.25) is 4.90 Å². The molecule has 0 bridgehead atoms. The summed E-state index contributed by atoms with van der Waals surface area (Å²) in [5, 5.41) is 4.69. The molecular weight excluding hydrogens is 382 g/mol. The lowest BCUT2D eigenvalue weighted by Gasteiger charge is -2.33. The molecule has 146 valence electrons. The van der Waals surface area contributed by atoms with E-state index in [1.165, 1.54) is 12.8 Å². The number of hydrogen-bond donors (Lipinski definition) is 0. The molecule has 1 aromatic heterocycles. The van der Waals surface area contributed by atoms with Crippen LogP contribution in [-0.2, 0) is 23.7 Å². The molecule has 9 heteroatoms. The lowest BCUT2D eigenvalue weighted by Crippen LogP contribution is -2.48. The van der Waals surface area contributed by atoms with Gasteiger partial charge in [0.2, 0.25) is 10.0 Å². The van der Waals surface area contributed by atoms with E-state index in [1.54, 1.807) is 16.4 Å². The third-order valence-corrected chi connectivity index (χ3v) is 7.74. The third-order valence-electron chi connectivity index (χ3n) is 5.34. The normalized spacial score (nSPS) is 19.5. The second-order valence-corrected chi connectivity index (χ2v) is 9.75. The summed E-state index contributed by atoms with van der Waals surface area (Å²) >= 11 is 5.52. The number of sulfonamides is 1. The zero-order valence-corrected chi connectivity index (χ0v) is 17.3. The van der Waals surface area contributed by atoms with Crippen molar-refractivity contribution in [3.63, 3.8) is 0 Å². The zero-order valence-electron chi connectivity index (χ0n) is 15.7. The average Bonchev–Trinajstić information content (AvgIpc) is 3.46. The maximum absolute atomic E-state index is 12.8. The molecule has 2 fully saturated rings. The molecule has 1 saturated carbocycles. The predicted molar refractivity (Wildman–Crippen MR) is 106 cm³/mol. The van der Waals surface area contributed by atoms with E-state index in [0.717, 1.165) is 16.2 Å². The van der Waals surface area contributed by atoms with Gasteiger partial charge in [0.15, 0.2) is 4.77 Å². The Hall–Kier alpha value is -1.55. The maximum atomic E-state index is 12.8. The molecule has 0 amide bonds. The van der Waals surface area contributed by atoms with Gasteiger partial charge in [-0.25, -0.2) is 13.1 Å². The lowest BCUT2D eigenvalue weighted by molar-refractivity contribution is 0.144. The van der Waals surface area contributed by atoms with Gasteiger partial charge in [0.05, 0.1) is 11.6 Å². The lowest BCUT2D eigenvalue weighted by atomic mass is 10.2. The molecule has 0 unspecified atom stereocenters. The van der Waals surface area contributed by atoms with Crippen molar-refractivity contribution in [2.75, 3.05) is 26.2 Å². The molecule has 1 aromatic carbocycles. The van der Waals surface area contributed by atoms with Gasteiger partial charge in [0.1, 0.15) is 5.82 Å². The van der Waals surface area contributed by atoms with E-state index in [4.69, 9.17) is 17.3 Å². The van der Waals surface area contributed by atoms with Gasteiger partial charge in [-0.2, -0.15) is 9.40 Å². The third kappa shape index (κ3) is 3.73. The maximum Gasteiger partial charge on any atom is 0.243 e. The Balaban J connectivity index is 1.41. The summed E-state index contributed by atoms with van der Waals surface area (Å²) in [5.74, 6) is 1.62. The van der Waals surface area contributed by atoms with Gasteiger partial charge >= 0.3 is 0 Å². The Bertz CT molecular complexity index is 982. The standard InChI is InChI=1S/C18H25N5O2S2/c1-14-3-7-16(8-4-14)27(24,25)22-11-9-21(10-12-22)13-23-18(26)20(2)17(19-23)15-5-6-15/h3-4,7-8,15H,5-6,9-13H2,1-2H3. The van der Waals surface area contributed by atoms with Crippen LogP contribution in [0.25, 0.3) is 0 Å². The smallest absolute Gasteiger partial charge is 0.243 e. The molecule has 27 heavy (non-hydrogen) atoms. The van der Waals surface area contributed by atoms with Gasteiger partial charge in [0, 0.05) is 39.1 Å². The van der Waals surface area contributed by atoms with Gasteiger partial charge in [-0.15, -0.1) is 0 Å². The number of hydrogen-bond acceptors (Lipinski definition) is 5. The highest BCUT2D eigenvalue weighted by Crippen LogP contribution is 2.38. The van der Waals surface area contributed by atoms with E-state index < -0.39 is 10.0 Å². The molecule has 0 spiro atoms. The first-order valence-corrected chi connectivity index (χ1v) is 11.1. The van der Waals surface area contributed by atoms with Crippen molar-refractivity contribution in [3.05, 3.63) is 40.4 Å². The van der Waals surface area contributed by atoms with Crippen molar-refractivity contribution in [1.82, 2.24) is 23.6 Å². The first kappa shape index (κ1) is 18.8. The van der Waals surface area contributed by atoms with Crippen molar-refractivity contribution < 1.29 is 8.42 Å². The Kier molecular flexibility index (Phi) is 4.96. The fraction of sp³-hybridized carbons (Fsp3) is 0.556. The Morgan fingerprint density at radius 3 is 2.33 bits per heavy atom. The number of piperazine rings is 1. The summed E-state index contributed by atoms with van der Waals surface area (Å²) in [6.45, 7) is 4.85. The molecule has 1 aliphatic heterocycles. The minimum atomic E-state index is -3.43. The Morgan fingerprint density at radius 2 is 1.74 bits per heavy atom. The number of benzene rings is 1. The average molecular weight is 408 g/mol. The second-order valence-electron chi connectivity index (χ2n) is 7.45. The fourth-order valence-corrected chi connectivity index (χ4v) is 5.07. The van der Waals surface area contributed by atoms with Gasteiger partial charge in [-0.05, 0) is 44.1 Å². The molecule has 0 radical (unpaired) electrons. The Labute approximate surface area is 165 Å². The molecule has 1 aliphatic carbocycles. The summed E-state index contributed by atoms with van der Waals surface area (Å²) in [5.41, 5.74) is 1.05. The van der Waals surface area contributed by atoms with E-state index >= 15 is 0 Å². The highest BCUT2D eigenvalue weighted by molar-refractivity contribution is 7.89. The largest absolute Gasteiger partial charge is 0.307 e. The molecule has 2 heterocycles. The zero-order chi connectivity index (χ0) is 19.2. The summed E-state index contributed by atoms with van der Waals surface area (Å²) in [4.78, 5) is 2.57. The van der Waals surface area contributed by atoms with Crippen LogP contribution in [0.1, 0.15) is 30.1 Å². The van der Waals surface area contributed by atoms with E-state index in [1.807, 2.05) is 35.4 Å². The molecule has 2 aromatic rings. The van der Waals surface area contributed by atoms with Crippen LogP contribution in [0.2, 0.25) is 0 Å². The van der Waals surface area contributed by atoms with Crippen LogP contribution in [0.5, 0.6) is 0 Å². The summed E-state index contributed by atoms with van der Waals surface area (Å²) in [7, 11) is -1.45. The number of aryl methyl sites for hydroxylation is 1. The van der Waals surface area contributed by atoms with E-state index in [2.05, 4.69) is 4.90 Å². The van der Waals surface area contributed by atoms with Gasteiger partial charge < -0.3 is 4.57 Å². The van der Waals surface area contributed by atoms with Crippen molar-refractivity contribution in [2.24, 2.45) is 7.05 Å².